The number of halogens is 1. The van der Waals surface area contributed by atoms with Gasteiger partial charge in [-0.1, -0.05) is 18.5 Å². The number of hydrogen-bond donors (Lipinski definition) is 1. The molecule has 4 heteroatoms. The fourth-order valence-electron chi connectivity index (χ4n) is 1.75. The highest BCUT2D eigenvalue weighted by Crippen LogP contribution is 2.18. The number of likely N-dealkylation sites (N-methyl/N-ethyl adjacent to an activating group) is 1. The maximum Gasteiger partial charge on any atom is 0.105 e. The molecule has 1 atom stereocenters. The Labute approximate surface area is 106 Å². The molecule has 2 rings (SSSR count). The van der Waals surface area contributed by atoms with E-state index in [-0.39, 0.29) is 6.04 Å². The maximum atomic E-state index is 5.83. The van der Waals surface area contributed by atoms with E-state index in [0.717, 1.165) is 24.4 Å². The molecule has 0 aromatic carbocycles. The zero-order chi connectivity index (χ0) is 12.1. The van der Waals surface area contributed by atoms with Gasteiger partial charge in [0.15, 0.2) is 0 Å². The monoisotopic (exact) mass is 250 g/mol. The van der Waals surface area contributed by atoms with Gasteiger partial charge < -0.3 is 9.73 Å². The largest absolute Gasteiger partial charge is 0.469 e. The lowest BCUT2D eigenvalue weighted by atomic mass is 10.1. The minimum Gasteiger partial charge on any atom is -0.469 e. The van der Waals surface area contributed by atoms with Crippen LogP contribution >= 0.6 is 11.6 Å². The molecule has 0 fully saturated rings. The number of rotatable bonds is 5. The van der Waals surface area contributed by atoms with Crippen LogP contribution < -0.4 is 5.32 Å². The first-order chi connectivity index (χ1) is 8.29. The Morgan fingerprint density at radius 1 is 1.41 bits per heavy atom. The fraction of sp³-hybridized carbons (Fsp3) is 0.308. The summed E-state index contributed by atoms with van der Waals surface area (Å²) in [7, 11) is 0. The molecule has 0 radical (unpaired) electrons. The van der Waals surface area contributed by atoms with E-state index < -0.39 is 0 Å². The lowest BCUT2D eigenvalue weighted by molar-refractivity contribution is 0.450. The van der Waals surface area contributed by atoms with E-state index in [1.54, 1.807) is 12.5 Å². The van der Waals surface area contributed by atoms with Gasteiger partial charge in [0.05, 0.1) is 23.0 Å². The van der Waals surface area contributed by atoms with Gasteiger partial charge in [-0.2, -0.15) is 0 Å². The SMILES string of the molecule is CCNC(Cc1ccco1)c1ccc(Cl)cn1. The smallest absolute Gasteiger partial charge is 0.105 e. The molecule has 2 aromatic heterocycles. The summed E-state index contributed by atoms with van der Waals surface area (Å²) in [5.41, 5.74) is 0.979. The van der Waals surface area contributed by atoms with Crippen LogP contribution in [0.3, 0.4) is 0 Å². The molecule has 0 spiro atoms. The predicted octanol–water partition coefficient (Wildman–Crippen LogP) is 3.22. The standard InChI is InChI=1S/C13H15ClN2O/c1-2-15-13(8-11-4-3-7-17-11)12-6-5-10(14)9-16-12/h3-7,9,13,15H,2,8H2,1H3. The van der Waals surface area contributed by atoms with Crippen molar-refractivity contribution in [3.05, 3.63) is 53.2 Å². The molecule has 0 saturated heterocycles. The second-order valence-corrected chi connectivity index (χ2v) is 4.23. The van der Waals surface area contributed by atoms with E-state index in [2.05, 4.69) is 17.2 Å². The summed E-state index contributed by atoms with van der Waals surface area (Å²) in [6.45, 7) is 2.96. The predicted molar refractivity (Wildman–Crippen MR) is 68.1 cm³/mol. The van der Waals surface area contributed by atoms with Crippen molar-refractivity contribution in [3.8, 4) is 0 Å². The Kier molecular flexibility index (Phi) is 4.18. The summed E-state index contributed by atoms with van der Waals surface area (Å²) in [6, 6.07) is 7.83. The minimum absolute atomic E-state index is 0.156. The highest BCUT2D eigenvalue weighted by atomic mass is 35.5. The van der Waals surface area contributed by atoms with Crippen LogP contribution in [0.15, 0.2) is 41.1 Å². The second kappa shape index (κ2) is 5.84. The third kappa shape index (κ3) is 3.32. The summed E-state index contributed by atoms with van der Waals surface area (Å²) in [5, 5.41) is 4.05. The Hall–Kier alpha value is -1.32. The molecule has 0 bridgehead atoms. The van der Waals surface area contributed by atoms with Crippen molar-refractivity contribution in [3.63, 3.8) is 0 Å². The van der Waals surface area contributed by atoms with Gasteiger partial charge in [0, 0.05) is 12.6 Å². The normalized spacial score (nSPS) is 12.6. The molecule has 0 aliphatic rings. The van der Waals surface area contributed by atoms with Crippen molar-refractivity contribution < 1.29 is 4.42 Å². The van der Waals surface area contributed by atoms with Crippen LogP contribution in [0, 0.1) is 0 Å². The van der Waals surface area contributed by atoms with Crippen LogP contribution in [0.5, 0.6) is 0 Å². The van der Waals surface area contributed by atoms with Gasteiger partial charge in [-0.15, -0.1) is 0 Å². The fourth-order valence-corrected chi connectivity index (χ4v) is 1.86. The van der Waals surface area contributed by atoms with Crippen molar-refractivity contribution in [2.45, 2.75) is 19.4 Å². The number of furan rings is 1. The van der Waals surface area contributed by atoms with Crippen LogP contribution in [0.4, 0.5) is 0 Å². The van der Waals surface area contributed by atoms with Crippen LogP contribution in [0.1, 0.15) is 24.4 Å². The third-order valence-electron chi connectivity index (χ3n) is 2.54. The number of aromatic nitrogens is 1. The topological polar surface area (TPSA) is 38.1 Å². The van der Waals surface area contributed by atoms with Crippen molar-refractivity contribution in [2.24, 2.45) is 0 Å². The molecule has 1 N–H and O–H groups in total. The lowest BCUT2D eigenvalue weighted by Gasteiger charge is -2.16. The van der Waals surface area contributed by atoms with Crippen LogP contribution in [0.2, 0.25) is 5.02 Å². The van der Waals surface area contributed by atoms with Gasteiger partial charge in [-0.05, 0) is 30.8 Å². The number of nitrogens with zero attached hydrogens (tertiary/aromatic N) is 1. The molecule has 2 heterocycles. The van der Waals surface area contributed by atoms with Gasteiger partial charge in [-0.25, -0.2) is 0 Å². The Bertz CT molecular complexity index is 439. The van der Waals surface area contributed by atoms with E-state index >= 15 is 0 Å². The molecule has 0 aliphatic heterocycles. The van der Waals surface area contributed by atoms with Gasteiger partial charge in [-0.3, -0.25) is 4.98 Å². The average molecular weight is 251 g/mol. The summed E-state index contributed by atoms with van der Waals surface area (Å²) >= 11 is 5.83. The zero-order valence-corrected chi connectivity index (χ0v) is 10.4. The van der Waals surface area contributed by atoms with Crippen molar-refractivity contribution in [2.75, 3.05) is 6.54 Å². The molecular weight excluding hydrogens is 236 g/mol. The van der Waals surface area contributed by atoms with Gasteiger partial charge in [0.1, 0.15) is 5.76 Å². The maximum absolute atomic E-state index is 5.83. The third-order valence-corrected chi connectivity index (χ3v) is 2.77. The number of hydrogen-bond acceptors (Lipinski definition) is 3. The Balaban J connectivity index is 2.13. The van der Waals surface area contributed by atoms with E-state index in [4.69, 9.17) is 16.0 Å². The first kappa shape index (κ1) is 12.1. The molecule has 1 unspecified atom stereocenters. The van der Waals surface area contributed by atoms with Gasteiger partial charge in [0.25, 0.3) is 0 Å². The molecule has 3 nitrogen and oxygen atoms in total. The summed E-state index contributed by atoms with van der Waals surface area (Å²) < 4.78 is 5.36. The van der Waals surface area contributed by atoms with E-state index in [9.17, 15) is 0 Å². The summed E-state index contributed by atoms with van der Waals surface area (Å²) in [4.78, 5) is 4.34. The average Bonchev–Trinajstić information content (AvgIpc) is 2.82. The Morgan fingerprint density at radius 3 is 2.88 bits per heavy atom. The second-order valence-electron chi connectivity index (χ2n) is 3.80. The first-order valence-electron chi connectivity index (χ1n) is 5.67. The molecule has 0 amide bonds. The molecule has 0 saturated carbocycles. The zero-order valence-electron chi connectivity index (χ0n) is 9.69. The highest BCUT2D eigenvalue weighted by molar-refractivity contribution is 6.30. The van der Waals surface area contributed by atoms with E-state index in [1.165, 1.54) is 0 Å². The molecule has 0 aliphatic carbocycles. The van der Waals surface area contributed by atoms with E-state index in [1.807, 2.05) is 24.3 Å². The minimum atomic E-state index is 0.156. The van der Waals surface area contributed by atoms with Gasteiger partial charge >= 0.3 is 0 Å². The van der Waals surface area contributed by atoms with Crippen molar-refractivity contribution in [1.29, 1.82) is 0 Å². The molecular formula is C13H15ClN2O. The summed E-state index contributed by atoms with van der Waals surface area (Å²) in [6.07, 6.45) is 4.15. The summed E-state index contributed by atoms with van der Waals surface area (Å²) in [5.74, 6) is 0.952. The quantitative estimate of drug-likeness (QED) is 0.886. The van der Waals surface area contributed by atoms with Crippen molar-refractivity contribution in [1.82, 2.24) is 10.3 Å². The van der Waals surface area contributed by atoms with Crippen LogP contribution in [-0.2, 0) is 6.42 Å². The number of pyridine rings is 1. The molecule has 17 heavy (non-hydrogen) atoms. The molecule has 2 aromatic rings. The Morgan fingerprint density at radius 2 is 2.29 bits per heavy atom. The molecule has 90 valence electrons. The van der Waals surface area contributed by atoms with Crippen molar-refractivity contribution >= 4 is 11.6 Å². The lowest BCUT2D eigenvalue weighted by Crippen LogP contribution is -2.23. The highest BCUT2D eigenvalue weighted by Gasteiger charge is 2.13. The first-order valence-corrected chi connectivity index (χ1v) is 6.04. The van der Waals surface area contributed by atoms with E-state index in [0.29, 0.717) is 5.02 Å². The van der Waals surface area contributed by atoms with Gasteiger partial charge in [0.2, 0.25) is 0 Å². The number of nitrogens with one attached hydrogen (secondary N) is 1. The van der Waals surface area contributed by atoms with Crippen LogP contribution in [-0.4, -0.2) is 11.5 Å². The van der Waals surface area contributed by atoms with Crippen LogP contribution in [0.25, 0.3) is 0 Å².